The number of aromatic nitrogens is 4. The molecule has 31 heavy (non-hydrogen) atoms. The van der Waals surface area contributed by atoms with Gasteiger partial charge >= 0.3 is 5.76 Å². The second-order valence-corrected chi connectivity index (χ2v) is 8.16. The summed E-state index contributed by atoms with van der Waals surface area (Å²) in [5, 5.41) is 8.45. The lowest BCUT2D eigenvalue weighted by Crippen LogP contribution is -2.52. The van der Waals surface area contributed by atoms with Crippen molar-refractivity contribution in [2.24, 2.45) is 0 Å². The number of aryl methyl sites for hydroxylation is 1. The number of oxazole rings is 1. The summed E-state index contributed by atoms with van der Waals surface area (Å²) >= 11 is 0. The minimum atomic E-state index is -0.432. The van der Waals surface area contributed by atoms with Gasteiger partial charge in [-0.2, -0.15) is 0 Å². The van der Waals surface area contributed by atoms with E-state index in [1.54, 1.807) is 13.2 Å². The fourth-order valence-electron chi connectivity index (χ4n) is 4.50. The molecular weight excluding hydrogens is 402 g/mol. The van der Waals surface area contributed by atoms with Gasteiger partial charge in [0.05, 0.1) is 36.6 Å². The van der Waals surface area contributed by atoms with Crippen molar-refractivity contribution in [3.63, 3.8) is 0 Å². The molecule has 4 heterocycles. The van der Waals surface area contributed by atoms with Crippen LogP contribution in [0.15, 0.2) is 33.5 Å². The number of amides is 1. The molecule has 164 valence electrons. The van der Waals surface area contributed by atoms with E-state index in [4.69, 9.17) is 13.9 Å². The summed E-state index contributed by atoms with van der Waals surface area (Å²) in [7, 11) is 1.63. The van der Waals surface area contributed by atoms with Crippen LogP contribution in [0.4, 0.5) is 0 Å². The molecule has 1 amide bonds. The highest BCUT2D eigenvalue weighted by atomic mass is 16.5. The second-order valence-electron chi connectivity index (χ2n) is 8.16. The molecule has 1 fully saturated rings. The molecule has 2 aliphatic rings. The first-order chi connectivity index (χ1) is 15.1. The Kier molecular flexibility index (Phi) is 5.11. The molecule has 3 aromatic rings. The number of carbonyl (C=O) groups excluding carboxylic acids is 1. The Morgan fingerprint density at radius 3 is 2.87 bits per heavy atom. The summed E-state index contributed by atoms with van der Waals surface area (Å²) < 4.78 is 20.1. The van der Waals surface area contributed by atoms with Crippen LogP contribution in [0.1, 0.15) is 30.7 Å². The normalized spacial score (nSPS) is 17.9. The fourth-order valence-corrected chi connectivity index (χ4v) is 4.50. The Morgan fingerprint density at radius 2 is 2.06 bits per heavy atom. The first-order valence-electron chi connectivity index (χ1n) is 10.5. The molecule has 10 nitrogen and oxygen atoms in total. The number of para-hydroxylation sites is 2. The van der Waals surface area contributed by atoms with Gasteiger partial charge in [0, 0.05) is 33.2 Å². The van der Waals surface area contributed by atoms with Crippen molar-refractivity contribution in [1.82, 2.24) is 24.5 Å². The molecule has 0 saturated carbocycles. The van der Waals surface area contributed by atoms with Crippen molar-refractivity contribution in [3.8, 4) is 0 Å². The van der Waals surface area contributed by atoms with E-state index in [-0.39, 0.29) is 17.9 Å². The standard InChI is InChI=1S/C21H25N5O5/c1-29-12-15-17-13-30-21(14-26(17)23-22-15)7-10-24(11-8-21)19(27)6-9-25-16-4-2-3-5-18(16)31-20(25)28/h2-5H,6-14H2,1H3. The minimum absolute atomic E-state index is 0.0340. The number of hydrogen-bond acceptors (Lipinski definition) is 7. The summed E-state index contributed by atoms with van der Waals surface area (Å²) in [5.74, 6) is -0.398. The molecule has 2 aliphatic heterocycles. The zero-order valence-corrected chi connectivity index (χ0v) is 17.5. The van der Waals surface area contributed by atoms with E-state index in [2.05, 4.69) is 10.3 Å². The number of ether oxygens (including phenoxy) is 2. The van der Waals surface area contributed by atoms with Crippen LogP contribution < -0.4 is 5.76 Å². The van der Waals surface area contributed by atoms with E-state index in [1.807, 2.05) is 27.8 Å². The van der Waals surface area contributed by atoms with Gasteiger partial charge in [-0.15, -0.1) is 5.10 Å². The summed E-state index contributed by atoms with van der Waals surface area (Å²) in [6.45, 7) is 3.05. The zero-order chi connectivity index (χ0) is 21.4. The number of benzene rings is 1. The predicted molar refractivity (Wildman–Crippen MR) is 109 cm³/mol. The average Bonchev–Trinajstić information content (AvgIpc) is 3.32. The highest BCUT2D eigenvalue weighted by Crippen LogP contribution is 2.33. The fraction of sp³-hybridized carbons (Fsp3) is 0.524. The molecule has 2 aromatic heterocycles. The van der Waals surface area contributed by atoms with Crippen molar-refractivity contribution >= 4 is 17.0 Å². The monoisotopic (exact) mass is 427 g/mol. The quantitative estimate of drug-likeness (QED) is 0.605. The Morgan fingerprint density at radius 1 is 1.26 bits per heavy atom. The van der Waals surface area contributed by atoms with Gasteiger partial charge in [0.15, 0.2) is 5.58 Å². The molecule has 5 rings (SSSR count). The minimum Gasteiger partial charge on any atom is -0.408 e. The number of likely N-dealkylation sites (tertiary alicyclic amines) is 1. The second kappa shape index (κ2) is 7.93. The molecule has 0 N–H and O–H groups in total. The molecule has 1 spiro atoms. The highest BCUT2D eigenvalue weighted by Gasteiger charge is 2.41. The van der Waals surface area contributed by atoms with E-state index >= 15 is 0 Å². The largest absolute Gasteiger partial charge is 0.419 e. The van der Waals surface area contributed by atoms with Crippen LogP contribution in [-0.2, 0) is 40.6 Å². The summed E-state index contributed by atoms with van der Waals surface area (Å²) in [6.07, 6.45) is 1.74. The van der Waals surface area contributed by atoms with E-state index in [9.17, 15) is 9.59 Å². The Balaban J connectivity index is 1.19. The van der Waals surface area contributed by atoms with Gasteiger partial charge in [-0.3, -0.25) is 9.36 Å². The van der Waals surface area contributed by atoms with Crippen LogP contribution in [-0.4, -0.2) is 56.2 Å². The molecule has 0 radical (unpaired) electrons. The molecule has 0 atom stereocenters. The maximum atomic E-state index is 12.8. The van der Waals surface area contributed by atoms with Crippen molar-refractivity contribution in [2.75, 3.05) is 20.2 Å². The SMILES string of the molecule is COCc1nnn2c1COC1(CCN(C(=O)CCn3c(=O)oc4ccccc43)CC1)C2. The van der Waals surface area contributed by atoms with Gasteiger partial charge in [-0.25, -0.2) is 9.48 Å². The molecule has 1 saturated heterocycles. The van der Waals surface area contributed by atoms with Crippen molar-refractivity contribution in [2.45, 2.75) is 51.2 Å². The van der Waals surface area contributed by atoms with Gasteiger partial charge in [-0.05, 0) is 25.0 Å². The van der Waals surface area contributed by atoms with Gasteiger partial charge < -0.3 is 18.8 Å². The summed E-state index contributed by atoms with van der Waals surface area (Å²) in [4.78, 5) is 26.7. The topological polar surface area (TPSA) is 105 Å². The third kappa shape index (κ3) is 3.66. The van der Waals surface area contributed by atoms with Gasteiger partial charge in [0.2, 0.25) is 5.91 Å². The van der Waals surface area contributed by atoms with Crippen LogP contribution in [0.25, 0.3) is 11.1 Å². The smallest absolute Gasteiger partial charge is 0.408 e. The van der Waals surface area contributed by atoms with Crippen LogP contribution in [0.3, 0.4) is 0 Å². The van der Waals surface area contributed by atoms with Crippen LogP contribution >= 0.6 is 0 Å². The lowest BCUT2D eigenvalue weighted by molar-refractivity contribution is -0.146. The van der Waals surface area contributed by atoms with Crippen molar-refractivity contribution in [1.29, 1.82) is 0 Å². The Labute approximate surface area is 178 Å². The number of rotatable bonds is 5. The summed E-state index contributed by atoms with van der Waals surface area (Å²) in [5.41, 5.74) is 2.70. The number of carbonyl (C=O) groups is 1. The number of hydrogen-bond donors (Lipinski definition) is 0. The van der Waals surface area contributed by atoms with Gasteiger partial charge in [0.1, 0.15) is 5.69 Å². The van der Waals surface area contributed by atoms with E-state index in [0.717, 1.165) is 24.2 Å². The molecule has 0 aliphatic carbocycles. The lowest BCUT2D eigenvalue weighted by Gasteiger charge is -2.43. The molecule has 0 unspecified atom stereocenters. The van der Waals surface area contributed by atoms with Crippen LogP contribution in [0.5, 0.6) is 0 Å². The molecular formula is C21H25N5O5. The first kappa shape index (κ1) is 20.0. The van der Waals surface area contributed by atoms with E-state index in [0.29, 0.717) is 50.5 Å². The first-order valence-corrected chi connectivity index (χ1v) is 10.5. The molecule has 1 aromatic carbocycles. The van der Waals surface area contributed by atoms with Crippen LogP contribution in [0.2, 0.25) is 0 Å². The van der Waals surface area contributed by atoms with Crippen molar-refractivity contribution < 1.29 is 18.7 Å². The third-order valence-corrected chi connectivity index (χ3v) is 6.30. The predicted octanol–water partition coefficient (Wildman–Crippen LogP) is 1.31. The number of piperidine rings is 1. The highest BCUT2D eigenvalue weighted by molar-refractivity contribution is 5.77. The van der Waals surface area contributed by atoms with E-state index in [1.165, 1.54) is 4.57 Å². The Bertz CT molecular complexity index is 1150. The van der Waals surface area contributed by atoms with Gasteiger partial charge in [-0.1, -0.05) is 17.3 Å². The lowest BCUT2D eigenvalue weighted by atomic mass is 9.89. The number of methoxy groups -OCH3 is 1. The zero-order valence-electron chi connectivity index (χ0n) is 17.5. The number of fused-ring (bicyclic) bond motifs is 2. The summed E-state index contributed by atoms with van der Waals surface area (Å²) in [6, 6.07) is 7.25. The Hall–Kier alpha value is -2.98. The van der Waals surface area contributed by atoms with Gasteiger partial charge in [0.25, 0.3) is 0 Å². The third-order valence-electron chi connectivity index (χ3n) is 6.30. The average molecular weight is 427 g/mol. The number of nitrogens with zero attached hydrogens (tertiary/aromatic N) is 5. The molecule has 10 heteroatoms. The maximum Gasteiger partial charge on any atom is 0.419 e. The van der Waals surface area contributed by atoms with E-state index < -0.39 is 5.76 Å². The van der Waals surface area contributed by atoms with Crippen LogP contribution in [0, 0.1) is 0 Å². The maximum absolute atomic E-state index is 12.8. The molecule has 0 bridgehead atoms. The van der Waals surface area contributed by atoms with Crippen molar-refractivity contribution in [3.05, 3.63) is 46.2 Å².